The highest BCUT2D eigenvalue weighted by molar-refractivity contribution is 5.96. The zero-order valence-electron chi connectivity index (χ0n) is 14.4. The number of nitrogens with one attached hydrogen (secondary N) is 2. The smallest absolute Gasteiger partial charge is 0.338 e. The third-order valence-corrected chi connectivity index (χ3v) is 3.43. The molecule has 0 saturated carbocycles. The van der Waals surface area contributed by atoms with Crippen molar-refractivity contribution in [2.75, 3.05) is 23.8 Å². The molecule has 2 rings (SSSR count). The molecule has 2 aromatic rings. The molecule has 26 heavy (non-hydrogen) atoms. The van der Waals surface area contributed by atoms with Crippen LogP contribution in [-0.4, -0.2) is 30.0 Å². The molecule has 136 valence electrons. The lowest BCUT2D eigenvalue weighted by Gasteiger charge is -2.08. The lowest BCUT2D eigenvalue weighted by Crippen LogP contribution is -2.21. The average Bonchev–Trinajstić information content (AvgIpc) is 2.60. The molecule has 0 spiro atoms. The minimum absolute atomic E-state index is 0.00158. The van der Waals surface area contributed by atoms with E-state index >= 15 is 0 Å². The van der Waals surface area contributed by atoms with Crippen LogP contribution in [0.25, 0.3) is 0 Å². The Kier molecular flexibility index (Phi) is 6.26. The van der Waals surface area contributed by atoms with Crippen molar-refractivity contribution < 1.29 is 19.2 Å². The first kappa shape index (κ1) is 18.9. The standard InChI is InChI=1S/C18H19N3O5/c1-3-19-15-8-7-13(10-16(15)21(24)25)18(23)26-11-17(22)20-14-6-4-5-12(2)9-14/h4-10,19H,3,11H2,1-2H3,(H,20,22). The minimum atomic E-state index is -0.810. The Morgan fingerprint density at radius 1 is 1.19 bits per heavy atom. The molecule has 8 heteroatoms. The van der Waals surface area contributed by atoms with E-state index in [1.54, 1.807) is 25.1 Å². The zero-order chi connectivity index (χ0) is 19.1. The van der Waals surface area contributed by atoms with E-state index in [1.807, 2.05) is 13.0 Å². The van der Waals surface area contributed by atoms with Gasteiger partial charge in [0, 0.05) is 18.3 Å². The van der Waals surface area contributed by atoms with Crippen molar-refractivity contribution in [1.82, 2.24) is 0 Å². The number of carbonyl (C=O) groups is 2. The third-order valence-electron chi connectivity index (χ3n) is 3.43. The predicted octanol–water partition coefficient (Wildman–Crippen LogP) is 3.13. The van der Waals surface area contributed by atoms with E-state index in [-0.39, 0.29) is 11.3 Å². The van der Waals surface area contributed by atoms with Gasteiger partial charge in [0.05, 0.1) is 10.5 Å². The second-order valence-electron chi connectivity index (χ2n) is 5.51. The normalized spacial score (nSPS) is 10.1. The first-order valence-corrected chi connectivity index (χ1v) is 7.96. The number of benzene rings is 2. The van der Waals surface area contributed by atoms with Gasteiger partial charge in [0.15, 0.2) is 6.61 Å². The SMILES string of the molecule is CCNc1ccc(C(=O)OCC(=O)Nc2cccc(C)c2)cc1[N+](=O)[O-]. The van der Waals surface area contributed by atoms with Gasteiger partial charge in [-0.05, 0) is 43.7 Å². The lowest BCUT2D eigenvalue weighted by atomic mass is 10.1. The van der Waals surface area contributed by atoms with Crippen molar-refractivity contribution in [2.24, 2.45) is 0 Å². The summed E-state index contributed by atoms with van der Waals surface area (Å²) in [6, 6.07) is 11.1. The summed E-state index contributed by atoms with van der Waals surface area (Å²) in [4.78, 5) is 34.5. The molecule has 0 aliphatic carbocycles. The summed E-state index contributed by atoms with van der Waals surface area (Å²) < 4.78 is 4.93. The summed E-state index contributed by atoms with van der Waals surface area (Å²) in [6.45, 7) is 3.71. The number of ether oxygens (including phenoxy) is 1. The number of nitrogens with zero attached hydrogens (tertiary/aromatic N) is 1. The summed E-state index contributed by atoms with van der Waals surface area (Å²) >= 11 is 0. The molecule has 0 unspecified atom stereocenters. The van der Waals surface area contributed by atoms with Gasteiger partial charge in [0.2, 0.25) is 0 Å². The van der Waals surface area contributed by atoms with Crippen molar-refractivity contribution in [3.8, 4) is 0 Å². The quantitative estimate of drug-likeness (QED) is 0.447. The van der Waals surface area contributed by atoms with Crippen molar-refractivity contribution in [3.05, 3.63) is 63.7 Å². The highest BCUT2D eigenvalue weighted by Gasteiger charge is 2.18. The van der Waals surface area contributed by atoms with E-state index in [1.165, 1.54) is 12.1 Å². The van der Waals surface area contributed by atoms with Crippen molar-refractivity contribution in [1.29, 1.82) is 0 Å². The van der Waals surface area contributed by atoms with E-state index in [9.17, 15) is 19.7 Å². The Hall–Kier alpha value is -3.42. The molecule has 8 nitrogen and oxygen atoms in total. The maximum Gasteiger partial charge on any atom is 0.338 e. The fourth-order valence-corrected chi connectivity index (χ4v) is 2.28. The molecule has 0 bridgehead atoms. The van der Waals surface area contributed by atoms with Crippen LogP contribution in [0, 0.1) is 17.0 Å². The monoisotopic (exact) mass is 357 g/mol. The number of carbonyl (C=O) groups excluding carboxylic acids is 2. The Labute approximate surface area is 150 Å². The number of amides is 1. The number of nitro groups is 1. The lowest BCUT2D eigenvalue weighted by molar-refractivity contribution is -0.384. The fourth-order valence-electron chi connectivity index (χ4n) is 2.28. The van der Waals surface area contributed by atoms with Gasteiger partial charge in [0.1, 0.15) is 5.69 Å². The second kappa shape index (κ2) is 8.61. The van der Waals surface area contributed by atoms with Gasteiger partial charge in [-0.1, -0.05) is 12.1 Å². The van der Waals surface area contributed by atoms with Crippen LogP contribution in [-0.2, 0) is 9.53 Å². The van der Waals surface area contributed by atoms with Gasteiger partial charge < -0.3 is 15.4 Å². The average molecular weight is 357 g/mol. The fraction of sp³-hybridized carbons (Fsp3) is 0.222. The van der Waals surface area contributed by atoms with Crippen LogP contribution in [0.4, 0.5) is 17.1 Å². The molecule has 0 radical (unpaired) electrons. The van der Waals surface area contributed by atoms with Crippen LogP contribution in [0.2, 0.25) is 0 Å². The van der Waals surface area contributed by atoms with E-state index < -0.39 is 23.4 Å². The number of hydrogen-bond acceptors (Lipinski definition) is 6. The van der Waals surface area contributed by atoms with Crippen LogP contribution in [0.3, 0.4) is 0 Å². The molecule has 0 heterocycles. The molecular weight excluding hydrogens is 338 g/mol. The van der Waals surface area contributed by atoms with Crippen molar-refractivity contribution in [3.63, 3.8) is 0 Å². The summed E-state index contributed by atoms with van der Waals surface area (Å²) in [5, 5.41) is 16.6. The number of aryl methyl sites for hydroxylation is 1. The third kappa shape index (κ3) is 5.04. The second-order valence-corrected chi connectivity index (χ2v) is 5.51. The van der Waals surface area contributed by atoms with Gasteiger partial charge in [-0.15, -0.1) is 0 Å². The molecule has 0 aliphatic heterocycles. The van der Waals surface area contributed by atoms with Crippen LogP contribution in [0.1, 0.15) is 22.8 Å². The highest BCUT2D eigenvalue weighted by Crippen LogP contribution is 2.25. The van der Waals surface area contributed by atoms with E-state index in [0.717, 1.165) is 11.6 Å². The topological polar surface area (TPSA) is 111 Å². The Bertz CT molecular complexity index is 835. The summed E-state index contributed by atoms with van der Waals surface area (Å²) in [7, 11) is 0. The van der Waals surface area contributed by atoms with E-state index in [0.29, 0.717) is 17.9 Å². The van der Waals surface area contributed by atoms with Gasteiger partial charge in [-0.25, -0.2) is 4.79 Å². The molecule has 0 saturated heterocycles. The number of esters is 1. The van der Waals surface area contributed by atoms with Crippen LogP contribution in [0.5, 0.6) is 0 Å². The number of nitro benzene ring substituents is 1. The van der Waals surface area contributed by atoms with E-state index in [2.05, 4.69) is 10.6 Å². The molecule has 0 aliphatic rings. The highest BCUT2D eigenvalue weighted by atomic mass is 16.6. The number of rotatable bonds is 7. The van der Waals surface area contributed by atoms with Crippen molar-refractivity contribution in [2.45, 2.75) is 13.8 Å². The molecule has 0 fully saturated rings. The van der Waals surface area contributed by atoms with Crippen LogP contribution >= 0.6 is 0 Å². The number of hydrogen-bond donors (Lipinski definition) is 2. The summed E-state index contributed by atoms with van der Waals surface area (Å²) in [6.07, 6.45) is 0. The Balaban J connectivity index is 2.00. The predicted molar refractivity (Wildman–Crippen MR) is 97.4 cm³/mol. The molecule has 1 amide bonds. The summed E-state index contributed by atoms with van der Waals surface area (Å²) in [5.41, 5.74) is 1.66. The first-order chi connectivity index (χ1) is 12.4. The largest absolute Gasteiger partial charge is 0.452 e. The molecule has 2 N–H and O–H groups in total. The first-order valence-electron chi connectivity index (χ1n) is 7.96. The van der Waals surface area contributed by atoms with E-state index in [4.69, 9.17) is 4.74 Å². The van der Waals surface area contributed by atoms with Gasteiger partial charge in [0.25, 0.3) is 11.6 Å². The number of anilines is 2. The van der Waals surface area contributed by atoms with Gasteiger partial charge in [-0.2, -0.15) is 0 Å². The van der Waals surface area contributed by atoms with Crippen molar-refractivity contribution >= 4 is 28.9 Å². The molecular formula is C18H19N3O5. The van der Waals surface area contributed by atoms with Gasteiger partial charge >= 0.3 is 5.97 Å². The zero-order valence-corrected chi connectivity index (χ0v) is 14.4. The maximum atomic E-state index is 12.1. The molecule has 0 aromatic heterocycles. The molecule has 0 atom stereocenters. The van der Waals surface area contributed by atoms with Crippen LogP contribution in [0.15, 0.2) is 42.5 Å². The minimum Gasteiger partial charge on any atom is -0.452 e. The summed E-state index contributed by atoms with van der Waals surface area (Å²) in [5.74, 6) is -1.31. The Morgan fingerprint density at radius 3 is 2.62 bits per heavy atom. The van der Waals surface area contributed by atoms with Crippen LogP contribution < -0.4 is 10.6 Å². The molecule has 2 aromatic carbocycles. The Morgan fingerprint density at radius 2 is 1.96 bits per heavy atom. The maximum absolute atomic E-state index is 12.1. The van der Waals surface area contributed by atoms with Gasteiger partial charge in [-0.3, -0.25) is 14.9 Å².